The van der Waals surface area contributed by atoms with Crippen molar-refractivity contribution in [1.82, 2.24) is 9.97 Å². The van der Waals surface area contributed by atoms with Gasteiger partial charge in [-0.2, -0.15) is 0 Å². The second-order valence-corrected chi connectivity index (χ2v) is 4.76. The molecule has 16 heavy (non-hydrogen) atoms. The number of H-pyrrole nitrogens is 1. The third kappa shape index (κ3) is 2.43. The fraction of sp³-hybridized carbons (Fsp3) is 0.667. The van der Waals surface area contributed by atoms with Crippen LogP contribution in [0.5, 0.6) is 0 Å². The van der Waals surface area contributed by atoms with Gasteiger partial charge in [-0.05, 0) is 18.3 Å². The lowest BCUT2D eigenvalue weighted by Crippen LogP contribution is -2.24. The molecule has 1 fully saturated rings. The molecule has 1 heterocycles. The Labute approximate surface area is 95.7 Å². The smallest absolute Gasteiger partial charge is 0.252 e. The maximum absolute atomic E-state index is 11.4. The van der Waals surface area contributed by atoms with Gasteiger partial charge in [0.1, 0.15) is 11.6 Å². The van der Waals surface area contributed by atoms with Crippen LogP contribution >= 0.6 is 0 Å². The number of hydrogen-bond acceptors (Lipinski definition) is 3. The van der Waals surface area contributed by atoms with E-state index in [1.807, 2.05) is 14.0 Å². The Morgan fingerprint density at radius 1 is 1.62 bits per heavy atom. The zero-order chi connectivity index (χ0) is 11.7. The Morgan fingerprint density at radius 2 is 2.31 bits per heavy atom. The van der Waals surface area contributed by atoms with Gasteiger partial charge in [0, 0.05) is 26.1 Å². The molecule has 0 radical (unpaired) electrons. The van der Waals surface area contributed by atoms with Gasteiger partial charge in [-0.25, -0.2) is 4.98 Å². The van der Waals surface area contributed by atoms with Crippen LogP contribution in [-0.2, 0) is 6.42 Å². The number of hydrogen-bond donors (Lipinski definition) is 1. The molecule has 4 nitrogen and oxygen atoms in total. The van der Waals surface area contributed by atoms with Crippen LogP contribution in [0, 0.1) is 11.8 Å². The molecule has 88 valence electrons. The predicted octanol–water partition coefficient (Wildman–Crippen LogP) is 1.42. The molecule has 1 N–H and O–H groups in total. The van der Waals surface area contributed by atoms with Gasteiger partial charge < -0.3 is 9.88 Å². The molecule has 0 aromatic carbocycles. The molecule has 2 rings (SSSR count). The van der Waals surface area contributed by atoms with Gasteiger partial charge in [0.05, 0.1) is 0 Å². The SMILES string of the molecule is CCc1nc(N(C)CC2CC2C)cc(=O)[nH]1. The lowest BCUT2D eigenvalue weighted by molar-refractivity contribution is 0.715. The number of aryl methyl sites for hydroxylation is 1. The predicted molar refractivity (Wildman–Crippen MR) is 64.8 cm³/mol. The fourth-order valence-electron chi connectivity index (χ4n) is 1.96. The van der Waals surface area contributed by atoms with Crippen molar-refractivity contribution in [1.29, 1.82) is 0 Å². The van der Waals surface area contributed by atoms with Crippen molar-refractivity contribution in [3.05, 3.63) is 22.2 Å². The van der Waals surface area contributed by atoms with Gasteiger partial charge in [0.15, 0.2) is 0 Å². The van der Waals surface area contributed by atoms with Crippen LogP contribution in [0.2, 0.25) is 0 Å². The highest BCUT2D eigenvalue weighted by atomic mass is 16.1. The number of aromatic amines is 1. The van der Waals surface area contributed by atoms with E-state index in [2.05, 4.69) is 21.8 Å². The first-order chi connectivity index (χ1) is 7.60. The highest BCUT2D eigenvalue weighted by Crippen LogP contribution is 2.38. The third-order valence-corrected chi connectivity index (χ3v) is 3.29. The molecule has 1 aromatic heterocycles. The van der Waals surface area contributed by atoms with Gasteiger partial charge >= 0.3 is 0 Å². The molecule has 2 unspecified atom stereocenters. The van der Waals surface area contributed by atoms with Crippen LogP contribution in [0.4, 0.5) is 5.82 Å². The highest BCUT2D eigenvalue weighted by molar-refractivity contribution is 5.36. The maximum Gasteiger partial charge on any atom is 0.252 e. The van der Waals surface area contributed by atoms with E-state index in [0.29, 0.717) is 0 Å². The molecule has 1 aliphatic carbocycles. The van der Waals surface area contributed by atoms with Crippen molar-refractivity contribution in [3.63, 3.8) is 0 Å². The van der Waals surface area contributed by atoms with E-state index in [-0.39, 0.29) is 5.56 Å². The molecule has 1 aliphatic rings. The van der Waals surface area contributed by atoms with Gasteiger partial charge in [-0.15, -0.1) is 0 Å². The third-order valence-electron chi connectivity index (χ3n) is 3.29. The van der Waals surface area contributed by atoms with E-state index < -0.39 is 0 Å². The lowest BCUT2D eigenvalue weighted by Gasteiger charge is -2.18. The minimum atomic E-state index is -0.0578. The van der Waals surface area contributed by atoms with E-state index in [1.165, 1.54) is 6.42 Å². The number of rotatable bonds is 4. The topological polar surface area (TPSA) is 49.0 Å². The molecule has 0 spiro atoms. The van der Waals surface area contributed by atoms with Gasteiger partial charge in [0.25, 0.3) is 5.56 Å². The molecule has 0 amide bonds. The molecule has 0 saturated heterocycles. The summed E-state index contributed by atoms with van der Waals surface area (Å²) in [6, 6.07) is 1.58. The number of nitrogens with one attached hydrogen (secondary N) is 1. The summed E-state index contributed by atoms with van der Waals surface area (Å²) in [6.45, 7) is 5.26. The fourth-order valence-corrected chi connectivity index (χ4v) is 1.96. The Morgan fingerprint density at radius 3 is 2.88 bits per heavy atom. The quantitative estimate of drug-likeness (QED) is 0.836. The lowest BCUT2D eigenvalue weighted by atomic mass is 10.3. The molecule has 2 atom stereocenters. The first-order valence-electron chi connectivity index (χ1n) is 5.91. The largest absolute Gasteiger partial charge is 0.359 e. The van der Waals surface area contributed by atoms with E-state index >= 15 is 0 Å². The first-order valence-corrected chi connectivity index (χ1v) is 5.91. The van der Waals surface area contributed by atoms with Crippen molar-refractivity contribution in [2.24, 2.45) is 11.8 Å². The average Bonchev–Trinajstić information content (AvgIpc) is 2.93. The highest BCUT2D eigenvalue weighted by Gasteiger charge is 2.33. The van der Waals surface area contributed by atoms with Crippen molar-refractivity contribution in [2.45, 2.75) is 26.7 Å². The normalized spacial score (nSPS) is 23.2. The van der Waals surface area contributed by atoms with Crippen molar-refractivity contribution in [3.8, 4) is 0 Å². The second-order valence-electron chi connectivity index (χ2n) is 4.76. The summed E-state index contributed by atoms with van der Waals surface area (Å²) in [4.78, 5) is 20.7. The summed E-state index contributed by atoms with van der Waals surface area (Å²) < 4.78 is 0. The average molecular weight is 221 g/mol. The Kier molecular flexibility index (Phi) is 2.99. The summed E-state index contributed by atoms with van der Waals surface area (Å²) in [5.74, 6) is 3.16. The van der Waals surface area contributed by atoms with Crippen LogP contribution in [0.1, 0.15) is 26.1 Å². The van der Waals surface area contributed by atoms with Crippen molar-refractivity contribution < 1.29 is 0 Å². The first kappa shape index (κ1) is 11.2. The van der Waals surface area contributed by atoms with Crippen molar-refractivity contribution >= 4 is 5.82 Å². The van der Waals surface area contributed by atoms with E-state index in [1.54, 1.807) is 6.07 Å². The zero-order valence-electron chi connectivity index (χ0n) is 10.2. The van der Waals surface area contributed by atoms with Crippen LogP contribution in [-0.4, -0.2) is 23.6 Å². The molecule has 0 bridgehead atoms. The van der Waals surface area contributed by atoms with Crippen LogP contribution in [0.15, 0.2) is 10.9 Å². The maximum atomic E-state index is 11.4. The van der Waals surface area contributed by atoms with Gasteiger partial charge in [-0.1, -0.05) is 13.8 Å². The minimum absolute atomic E-state index is 0.0578. The van der Waals surface area contributed by atoms with Crippen LogP contribution in [0.3, 0.4) is 0 Å². The van der Waals surface area contributed by atoms with Gasteiger partial charge in [-0.3, -0.25) is 4.79 Å². The monoisotopic (exact) mass is 221 g/mol. The van der Waals surface area contributed by atoms with Gasteiger partial charge in [0.2, 0.25) is 0 Å². The van der Waals surface area contributed by atoms with Crippen molar-refractivity contribution in [2.75, 3.05) is 18.5 Å². The molecule has 1 aromatic rings. The number of nitrogens with zero attached hydrogens (tertiary/aromatic N) is 2. The number of anilines is 1. The van der Waals surface area contributed by atoms with E-state index in [0.717, 1.165) is 36.4 Å². The van der Waals surface area contributed by atoms with Crippen LogP contribution in [0.25, 0.3) is 0 Å². The van der Waals surface area contributed by atoms with Crippen LogP contribution < -0.4 is 10.5 Å². The summed E-state index contributed by atoms with van der Waals surface area (Å²) in [7, 11) is 2.01. The summed E-state index contributed by atoms with van der Waals surface area (Å²) in [6.07, 6.45) is 2.06. The summed E-state index contributed by atoms with van der Waals surface area (Å²) in [5.41, 5.74) is -0.0578. The molecular weight excluding hydrogens is 202 g/mol. The zero-order valence-corrected chi connectivity index (χ0v) is 10.2. The number of aromatic nitrogens is 2. The molecule has 1 saturated carbocycles. The molecular formula is C12H19N3O. The summed E-state index contributed by atoms with van der Waals surface area (Å²) >= 11 is 0. The van der Waals surface area contributed by atoms with E-state index in [4.69, 9.17) is 0 Å². The standard InChI is InChI=1S/C12H19N3O/c1-4-10-13-11(6-12(16)14-10)15(3)7-9-5-8(9)2/h6,8-9H,4-5,7H2,1-3H3,(H,13,14,16). The second kappa shape index (κ2) is 4.28. The Hall–Kier alpha value is -1.32. The molecule has 4 heteroatoms. The van der Waals surface area contributed by atoms with E-state index in [9.17, 15) is 4.79 Å². The summed E-state index contributed by atoms with van der Waals surface area (Å²) in [5, 5.41) is 0. The minimum Gasteiger partial charge on any atom is -0.359 e. The Bertz CT molecular complexity index is 427. The molecule has 0 aliphatic heterocycles. The Balaban J connectivity index is 2.12.